The lowest BCUT2D eigenvalue weighted by molar-refractivity contribution is 0.0759. The van der Waals surface area contributed by atoms with Crippen LogP contribution in [0.5, 0.6) is 11.5 Å². The Morgan fingerprint density at radius 1 is 0.742 bits per heavy atom. The van der Waals surface area contributed by atoms with Gasteiger partial charge >= 0.3 is 0 Å². The van der Waals surface area contributed by atoms with Gasteiger partial charge in [-0.25, -0.2) is 0 Å². The van der Waals surface area contributed by atoms with Crippen LogP contribution in [0.15, 0.2) is 48.5 Å². The minimum Gasteiger partial charge on any atom is -0.491 e. The zero-order chi connectivity index (χ0) is 21.6. The van der Waals surface area contributed by atoms with Crippen molar-refractivity contribution in [3.8, 4) is 11.5 Å². The van der Waals surface area contributed by atoms with Gasteiger partial charge in [-0.1, -0.05) is 36.4 Å². The summed E-state index contributed by atoms with van der Waals surface area (Å²) in [5.41, 5.74) is 8.13. The molecule has 1 aliphatic rings. The highest BCUT2D eigenvalue weighted by atomic mass is 16.5. The Kier molecular flexibility index (Phi) is 10.6. The summed E-state index contributed by atoms with van der Waals surface area (Å²) in [6.45, 7) is 8.90. The fraction of sp³-hybridized carbons (Fsp3) is 0.500. The highest BCUT2D eigenvalue weighted by Gasteiger charge is 2.07. The van der Waals surface area contributed by atoms with Crippen LogP contribution in [0.1, 0.15) is 11.1 Å². The highest BCUT2D eigenvalue weighted by molar-refractivity contribution is 5.33. The Bertz CT molecular complexity index is 700. The number of rotatable bonds is 2. The lowest BCUT2D eigenvalue weighted by Crippen LogP contribution is -2.39. The van der Waals surface area contributed by atoms with Crippen LogP contribution in [-0.4, -0.2) is 70.6 Å². The number of hydrogen-bond donors (Lipinski definition) is 3. The van der Waals surface area contributed by atoms with Crippen LogP contribution in [0.4, 0.5) is 0 Å². The van der Waals surface area contributed by atoms with Crippen molar-refractivity contribution >= 4 is 0 Å². The third kappa shape index (κ3) is 8.47. The van der Waals surface area contributed by atoms with E-state index >= 15 is 0 Å². The quantitative estimate of drug-likeness (QED) is 0.671. The molecule has 2 aromatic carbocycles. The van der Waals surface area contributed by atoms with Crippen molar-refractivity contribution in [3.05, 3.63) is 59.7 Å². The van der Waals surface area contributed by atoms with Gasteiger partial charge in [0.2, 0.25) is 0 Å². The van der Waals surface area contributed by atoms with E-state index in [9.17, 15) is 0 Å². The molecule has 0 aromatic heterocycles. The van der Waals surface area contributed by atoms with Gasteiger partial charge in [0.15, 0.2) is 0 Å². The second-order valence-corrected chi connectivity index (χ2v) is 7.51. The predicted octanol–water partition coefficient (Wildman–Crippen LogP) is 1.61. The van der Waals surface area contributed by atoms with E-state index < -0.39 is 0 Å². The minimum absolute atomic E-state index is 0.516. The average Bonchev–Trinajstić information content (AvgIpc) is 2.79. The van der Waals surface area contributed by atoms with Crippen LogP contribution >= 0.6 is 0 Å². The first-order chi connectivity index (χ1) is 15.4. The SMILES string of the molecule is NCCN1CCNCc2ccccc2OCCOCCOc2ccccc2CNCC1. The molecule has 1 aliphatic heterocycles. The van der Waals surface area contributed by atoms with Crippen molar-refractivity contribution in [1.82, 2.24) is 15.5 Å². The zero-order valence-corrected chi connectivity index (χ0v) is 18.4. The summed E-state index contributed by atoms with van der Waals surface area (Å²) in [5, 5.41) is 7.07. The number of nitrogens with two attached hydrogens (primary N) is 1. The molecule has 4 N–H and O–H groups in total. The monoisotopic (exact) mass is 428 g/mol. The van der Waals surface area contributed by atoms with Crippen molar-refractivity contribution in [2.24, 2.45) is 5.73 Å². The summed E-state index contributed by atoms with van der Waals surface area (Å²) in [4.78, 5) is 2.39. The number of nitrogens with one attached hydrogen (secondary N) is 2. The average molecular weight is 429 g/mol. The summed E-state index contributed by atoms with van der Waals surface area (Å²) in [5.74, 6) is 1.81. The predicted molar refractivity (Wildman–Crippen MR) is 124 cm³/mol. The molecule has 2 aromatic rings. The number of para-hydroxylation sites is 2. The molecule has 0 amide bonds. The van der Waals surface area contributed by atoms with E-state index in [1.807, 2.05) is 36.4 Å². The molecule has 0 radical (unpaired) electrons. The maximum absolute atomic E-state index is 5.94. The molecule has 0 fully saturated rings. The lowest BCUT2D eigenvalue weighted by Gasteiger charge is -2.22. The lowest BCUT2D eigenvalue weighted by atomic mass is 10.2. The third-order valence-corrected chi connectivity index (χ3v) is 5.20. The number of benzene rings is 2. The Morgan fingerprint density at radius 3 is 1.77 bits per heavy atom. The molecule has 7 heteroatoms. The van der Waals surface area contributed by atoms with Crippen molar-refractivity contribution in [2.45, 2.75) is 13.1 Å². The van der Waals surface area contributed by atoms with Gasteiger partial charge in [-0.2, -0.15) is 0 Å². The number of fused-ring (bicyclic) bond motifs is 2. The molecule has 0 saturated heterocycles. The van der Waals surface area contributed by atoms with Gasteiger partial charge in [0, 0.05) is 63.5 Å². The van der Waals surface area contributed by atoms with Crippen LogP contribution in [0.2, 0.25) is 0 Å². The molecule has 0 unspecified atom stereocenters. The van der Waals surface area contributed by atoms with Crippen LogP contribution < -0.4 is 25.8 Å². The molecule has 170 valence electrons. The Morgan fingerprint density at radius 2 is 1.26 bits per heavy atom. The largest absolute Gasteiger partial charge is 0.491 e. The van der Waals surface area contributed by atoms with Crippen molar-refractivity contribution in [1.29, 1.82) is 0 Å². The van der Waals surface area contributed by atoms with Gasteiger partial charge in [-0.05, 0) is 12.1 Å². The first kappa shape index (κ1) is 23.5. The standard InChI is InChI=1S/C24H36N4O3/c25-9-12-28-13-10-26-19-21-5-1-3-7-23(21)30-17-15-29-16-18-31-24-8-4-2-6-22(24)20-27-11-14-28/h1-8,26-27H,9-20,25H2. The van der Waals surface area contributed by atoms with E-state index in [-0.39, 0.29) is 0 Å². The van der Waals surface area contributed by atoms with Crippen LogP contribution in [0.25, 0.3) is 0 Å². The van der Waals surface area contributed by atoms with E-state index in [0.29, 0.717) is 33.0 Å². The molecular formula is C24H36N4O3. The van der Waals surface area contributed by atoms with Crippen LogP contribution in [0, 0.1) is 0 Å². The van der Waals surface area contributed by atoms with Gasteiger partial charge < -0.3 is 30.6 Å². The first-order valence-electron chi connectivity index (χ1n) is 11.2. The number of hydrogen-bond acceptors (Lipinski definition) is 7. The van der Waals surface area contributed by atoms with Gasteiger partial charge in [0.1, 0.15) is 24.7 Å². The number of ether oxygens (including phenoxy) is 3. The van der Waals surface area contributed by atoms with E-state index in [1.165, 1.54) is 0 Å². The van der Waals surface area contributed by atoms with Gasteiger partial charge in [-0.15, -0.1) is 0 Å². The van der Waals surface area contributed by atoms with Crippen molar-refractivity contribution in [3.63, 3.8) is 0 Å². The van der Waals surface area contributed by atoms with E-state index in [2.05, 4.69) is 27.7 Å². The van der Waals surface area contributed by atoms with Gasteiger partial charge in [0.05, 0.1) is 13.2 Å². The van der Waals surface area contributed by atoms with E-state index in [0.717, 1.165) is 68.4 Å². The van der Waals surface area contributed by atoms with Crippen LogP contribution in [0.3, 0.4) is 0 Å². The molecule has 0 bridgehead atoms. The molecule has 0 aliphatic carbocycles. The topological polar surface area (TPSA) is 81.0 Å². The number of nitrogens with zero attached hydrogens (tertiary/aromatic N) is 1. The van der Waals surface area contributed by atoms with Gasteiger partial charge in [0.25, 0.3) is 0 Å². The van der Waals surface area contributed by atoms with E-state index in [1.54, 1.807) is 0 Å². The second kappa shape index (κ2) is 14.0. The second-order valence-electron chi connectivity index (χ2n) is 7.51. The Balaban J connectivity index is 1.59. The van der Waals surface area contributed by atoms with Crippen LogP contribution in [-0.2, 0) is 17.8 Å². The molecule has 7 nitrogen and oxygen atoms in total. The summed E-state index contributed by atoms with van der Waals surface area (Å²) in [6, 6.07) is 16.3. The molecule has 0 atom stereocenters. The van der Waals surface area contributed by atoms with Crippen molar-refractivity contribution < 1.29 is 14.2 Å². The summed E-state index contributed by atoms with van der Waals surface area (Å²) >= 11 is 0. The minimum atomic E-state index is 0.516. The fourth-order valence-electron chi connectivity index (χ4n) is 3.54. The molecule has 3 rings (SSSR count). The third-order valence-electron chi connectivity index (χ3n) is 5.20. The molecule has 1 heterocycles. The highest BCUT2D eigenvalue weighted by Crippen LogP contribution is 2.18. The summed E-state index contributed by atoms with van der Waals surface area (Å²) in [7, 11) is 0. The maximum Gasteiger partial charge on any atom is 0.123 e. The van der Waals surface area contributed by atoms with E-state index in [4.69, 9.17) is 19.9 Å². The normalized spacial score (nSPS) is 18.1. The zero-order valence-electron chi connectivity index (χ0n) is 18.4. The van der Waals surface area contributed by atoms with Crippen molar-refractivity contribution in [2.75, 3.05) is 65.7 Å². The molecule has 0 spiro atoms. The molecule has 0 saturated carbocycles. The first-order valence-corrected chi connectivity index (χ1v) is 11.2. The summed E-state index contributed by atoms with van der Waals surface area (Å²) < 4.78 is 17.6. The van der Waals surface area contributed by atoms with Gasteiger partial charge in [-0.3, -0.25) is 4.90 Å². The smallest absolute Gasteiger partial charge is 0.123 e. The Labute approximate surface area is 185 Å². The molecular weight excluding hydrogens is 392 g/mol. The maximum atomic E-state index is 5.94. The summed E-state index contributed by atoms with van der Waals surface area (Å²) in [6.07, 6.45) is 0. The molecule has 31 heavy (non-hydrogen) atoms. The fourth-order valence-corrected chi connectivity index (χ4v) is 3.54. The Hall–Kier alpha value is -2.16.